The maximum absolute atomic E-state index is 12.6. The fourth-order valence-corrected chi connectivity index (χ4v) is 6.93. The standard InChI is InChI=1S/C13H11F3I3N3O5S/c1-4(23)20-10-7(17)6(12(25)21-28(26,27)13(14,15)16)8(18)11(9(10)19)22(3)5(2)24/h1-3H3,(H,20,23)(H,21,25). The summed E-state index contributed by atoms with van der Waals surface area (Å²) >= 11 is 5.04. The van der Waals surface area contributed by atoms with E-state index in [-0.39, 0.29) is 18.5 Å². The molecular weight excluding hydrogens is 748 g/mol. The molecule has 0 heterocycles. The van der Waals surface area contributed by atoms with Gasteiger partial charge in [-0.1, -0.05) is 0 Å². The van der Waals surface area contributed by atoms with Crippen LogP contribution in [0.25, 0.3) is 0 Å². The first-order valence-electron chi connectivity index (χ1n) is 6.88. The molecule has 8 nitrogen and oxygen atoms in total. The van der Waals surface area contributed by atoms with Gasteiger partial charge in [-0.15, -0.1) is 0 Å². The number of carbonyl (C=O) groups is 3. The van der Waals surface area contributed by atoms with Crippen LogP contribution in [0.15, 0.2) is 0 Å². The van der Waals surface area contributed by atoms with Crippen LogP contribution < -0.4 is 14.9 Å². The third kappa shape index (κ3) is 5.37. The predicted octanol–water partition coefficient (Wildman–Crippen LogP) is 3.02. The Morgan fingerprint density at radius 3 is 1.89 bits per heavy atom. The SMILES string of the molecule is CC(=O)Nc1c(I)c(C(=O)NS(=O)(=O)C(F)(F)F)c(I)c(N(C)C(C)=O)c1I. The van der Waals surface area contributed by atoms with Crippen LogP contribution in [0.4, 0.5) is 24.5 Å². The van der Waals surface area contributed by atoms with Crippen molar-refractivity contribution in [2.45, 2.75) is 19.4 Å². The summed E-state index contributed by atoms with van der Waals surface area (Å²) in [6, 6.07) is 0. The van der Waals surface area contributed by atoms with Crippen molar-refractivity contribution in [1.82, 2.24) is 4.72 Å². The molecule has 2 N–H and O–H groups in total. The summed E-state index contributed by atoms with van der Waals surface area (Å²) in [5.41, 5.74) is -5.93. The van der Waals surface area contributed by atoms with Crippen molar-refractivity contribution >= 4 is 107 Å². The van der Waals surface area contributed by atoms with Crippen molar-refractivity contribution in [2.24, 2.45) is 0 Å². The summed E-state index contributed by atoms with van der Waals surface area (Å²) in [4.78, 5) is 36.9. The zero-order chi connectivity index (χ0) is 22.2. The Kier molecular flexibility index (Phi) is 8.36. The molecule has 0 aliphatic carbocycles. The Balaban J connectivity index is 3.79. The molecule has 0 fully saturated rings. The van der Waals surface area contributed by atoms with E-state index in [1.807, 2.05) is 22.6 Å². The maximum atomic E-state index is 12.6. The monoisotopic (exact) mass is 759 g/mol. The largest absolute Gasteiger partial charge is 0.516 e. The fourth-order valence-electron chi connectivity index (χ4n) is 1.82. The van der Waals surface area contributed by atoms with Crippen molar-refractivity contribution in [1.29, 1.82) is 0 Å². The summed E-state index contributed by atoms with van der Waals surface area (Å²) in [7, 11) is -4.59. The van der Waals surface area contributed by atoms with E-state index in [0.717, 1.165) is 9.62 Å². The van der Waals surface area contributed by atoms with Crippen LogP contribution in [0.5, 0.6) is 0 Å². The van der Waals surface area contributed by atoms with E-state index in [9.17, 15) is 36.0 Å². The van der Waals surface area contributed by atoms with Crippen LogP contribution in [0, 0.1) is 10.7 Å². The Morgan fingerprint density at radius 2 is 1.50 bits per heavy atom. The number of nitrogens with one attached hydrogen (secondary N) is 2. The number of carbonyl (C=O) groups excluding carboxylic acids is 3. The van der Waals surface area contributed by atoms with Gasteiger partial charge in [0, 0.05) is 20.9 Å². The average Bonchev–Trinajstić information content (AvgIpc) is 2.49. The van der Waals surface area contributed by atoms with Crippen LogP contribution in [-0.2, 0) is 19.6 Å². The molecule has 0 aliphatic rings. The molecule has 0 aromatic heterocycles. The van der Waals surface area contributed by atoms with E-state index in [0.29, 0.717) is 3.57 Å². The Morgan fingerprint density at radius 1 is 1.00 bits per heavy atom. The first-order valence-corrected chi connectivity index (χ1v) is 11.6. The van der Waals surface area contributed by atoms with Gasteiger partial charge >= 0.3 is 15.5 Å². The zero-order valence-corrected chi connectivity index (χ0v) is 21.5. The second kappa shape index (κ2) is 9.14. The highest BCUT2D eigenvalue weighted by atomic mass is 127. The van der Waals surface area contributed by atoms with Crippen molar-refractivity contribution in [2.75, 3.05) is 17.3 Å². The molecular formula is C13H11F3I3N3O5S. The average molecular weight is 759 g/mol. The number of rotatable bonds is 4. The second-order valence-electron chi connectivity index (χ2n) is 5.18. The third-order valence-electron chi connectivity index (χ3n) is 3.16. The molecule has 0 bridgehead atoms. The van der Waals surface area contributed by atoms with E-state index in [1.54, 1.807) is 45.2 Å². The fraction of sp³-hybridized carbons (Fsp3) is 0.308. The molecule has 3 amide bonds. The summed E-state index contributed by atoms with van der Waals surface area (Å²) in [6.45, 7) is 2.39. The van der Waals surface area contributed by atoms with Crippen molar-refractivity contribution < 1.29 is 36.0 Å². The first kappa shape index (κ1) is 25.6. The third-order valence-corrected chi connectivity index (χ3v) is 7.40. The molecule has 1 rings (SSSR count). The van der Waals surface area contributed by atoms with Gasteiger partial charge < -0.3 is 10.2 Å². The van der Waals surface area contributed by atoms with Crippen molar-refractivity contribution in [3.63, 3.8) is 0 Å². The lowest BCUT2D eigenvalue weighted by atomic mass is 10.1. The van der Waals surface area contributed by atoms with Gasteiger partial charge in [0.25, 0.3) is 5.91 Å². The van der Waals surface area contributed by atoms with E-state index >= 15 is 0 Å². The number of anilines is 2. The smallest absolute Gasteiger partial charge is 0.324 e. The van der Waals surface area contributed by atoms with Crippen LogP contribution >= 0.6 is 67.8 Å². The molecule has 0 spiro atoms. The number of nitrogens with zero attached hydrogens (tertiary/aromatic N) is 1. The van der Waals surface area contributed by atoms with Crippen molar-refractivity contribution in [3.8, 4) is 0 Å². The number of halogens is 6. The molecule has 0 aliphatic heterocycles. The number of alkyl halides is 3. The predicted molar refractivity (Wildman–Crippen MR) is 120 cm³/mol. The van der Waals surface area contributed by atoms with Crippen LogP contribution in [-0.4, -0.2) is 38.7 Å². The normalized spacial score (nSPS) is 11.8. The lowest BCUT2D eigenvalue weighted by Gasteiger charge is -2.24. The zero-order valence-electron chi connectivity index (χ0n) is 14.2. The van der Waals surface area contributed by atoms with Gasteiger partial charge in [-0.2, -0.15) is 21.6 Å². The van der Waals surface area contributed by atoms with Gasteiger partial charge in [0.05, 0.1) is 27.6 Å². The highest BCUT2D eigenvalue weighted by Crippen LogP contribution is 2.40. The van der Waals surface area contributed by atoms with Gasteiger partial charge in [0.2, 0.25) is 11.8 Å². The lowest BCUT2D eigenvalue weighted by molar-refractivity contribution is -0.116. The number of hydrogen-bond donors (Lipinski definition) is 2. The summed E-state index contributed by atoms with van der Waals surface area (Å²) in [5.74, 6) is -2.55. The van der Waals surface area contributed by atoms with Gasteiger partial charge in [-0.3, -0.25) is 14.4 Å². The van der Waals surface area contributed by atoms with Gasteiger partial charge in [-0.25, -0.2) is 4.72 Å². The minimum atomic E-state index is -5.95. The van der Waals surface area contributed by atoms with Gasteiger partial charge in [-0.05, 0) is 67.8 Å². The molecule has 0 saturated heterocycles. The quantitative estimate of drug-likeness (QED) is 0.459. The number of amides is 3. The lowest BCUT2D eigenvalue weighted by Crippen LogP contribution is -2.41. The maximum Gasteiger partial charge on any atom is 0.516 e. The molecule has 0 unspecified atom stereocenters. The van der Waals surface area contributed by atoms with E-state index in [4.69, 9.17) is 0 Å². The molecule has 0 radical (unpaired) electrons. The van der Waals surface area contributed by atoms with Gasteiger partial charge in [0.15, 0.2) is 0 Å². The second-order valence-corrected chi connectivity index (χ2v) is 10.1. The molecule has 1 aromatic carbocycles. The van der Waals surface area contributed by atoms with Crippen LogP contribution in [0.2, 0.25) is 0 Å². The molecule has 0 saturated carbocycles. The van der Waals surface area contributed by atoms with E-state index in [1.165, 1.54) is 20.9 Å². The molecule has 0 atom stereocenters. The molecule has 1 aromatic rings. The number of benzene rings is 1. The number of hydrogen-bond acceptors (Lipinski definition) is 5. The Labute approximate surface area is 198 Å². The minimum Gasteiger partial charge on any atom is -0.324 e. The Bertz CT molecular complexity index is 967. The minimum absolute atomic E-state index is 0.0113. The summed E-state index contributed by atoms with van der Waals surface area (Å²) in [6.07, 6.45) is 0. The summed E-state index contributed by atoms with van der Waals surface area (Å²) < 4.78 is 61.9. The number of sulfonamides is 1. The Hall–Kier alpha value is -0.440. The van der Waals surface area contributed by atoms with E-state index in [2.05, 4.69) is 5.32 Å². The molecule has 28 heavy (non-hydrogen) atoms. The highest BCUT2D eigenvalue weighted by Gasteiger charge is 2.47. The van der Waals surface area contributed by atoms with E-state index < -0.39 is 38.8 Å². The first-order chi connectivity index (χ1) is 12.5. The van der Waals surface area contributed by atoms with Crippen LogP contribution in [0.3, 0.4) is 0 Å². The summed E-state index contributed by atoms with van der Waals surface area (Å²) in [5, 5.41) is 2.44. The molecule has 156 valence electrons. The van der Waals surface area contributed by atoms with Gasteiger partial charge in [0.1, 0.15) is 0 Å². The van der Waals surface area contributed by atoms with Crippen LogP contribution in [0.1, 0.15) is 24.2 Å². The highest BCUT2D eigenvalue weighted by molar-refractivity contribution is 14.1. The van der Waals surface area contributed by atoms with Crippen molar-refractivity contribution in [3.05, 3.63) is 16.3 Å². The topological polar surface area (TPSA) is 113 Å². The molecule has 15 heteroatoms.